The van der Waals surface area contributed by atoms with Crippen LogP contribution in [-0.2, 0) is 14.8 Å². The van der Waals surface area contributed by atoms with Crippen LogP contribution in [0, 0.1) is 12.7 Å². The van der Waals surface area contributed by atoms with Gasteiger partial charge in [0.25, 0.3) is 15.9 Å². The van der Waals surface area contributed by atoms with E-state index in [-0.39, 0.29) is 22.5 Å². The average Bonchev–Trinajstić information content (AvgIpc) is 3.17. The lowest BCUT2D eigenvalue weighted by Gasteiger charge is -2.11. The second-order valence-electron chi connectivity index (χ2n) is 6.77. The number of rotatable bonds is 7. The molecule has 0 saturated carbocycles. The van der Waals surface area contributed by atoms with Gasteiger partial charge in [-0.15, -0.1) is 0 Å². The van der Waals surface area contributed by atoms with Gasteiger partial charge in [0.05, 0.1) is 11.0 Å². The molecule has 0 spiro atoms. The largest absolute Gasteiger partial charge is 0.378 e. The van der Waals surface area contributed by atoms with Gasteiger partial charge < -0.3 is 10.1 Å². The van der Waals surface area contributed by atoms with Gasteiger partial charge in [-0.1, -0.05) is 0 Å². The van der Waals surface area contributed by atoms with E-state index in [1.807, 2.05) is 0 Å². The first-order chi connectivity index (χ1) is 13.3. The molecule has 1 atom stereocenters. The molecule has 28 heavy (non-hydrogen) atoms. The number of hydrogen-bond donors (Lipinski definition) is 2. The van der Waals surface area contributed by atoms with Crippen LogP contribution >= 0.6 is 0 Å². The number of benzene rings is 2. The summed E-state index contributed by atoms with van der Waals surface area (Å²) in [5.74, 6) is -0.685. The lowest BCUT2D eigenvalue weighted by atomic mass is 10.1. The quantitative estimate of drug-likeness (QED) is 0.739. The molecule has 0 bridgehead atoms. The number of hydrogen-bond acceptors (Lipinski definition) is 4. The molecule has 6 nitrogen and oxygen atoms in total. The van der Waals surface area contributed by atoms with E-state index in [0.29, 0.717) is 17.8 Å². The van der Waals surface area contributed by atoms with Crippen molar-refractivity contribution in [3.05, 3.63) is 59.4 Å². The zero-order valence-corrected chi connectivity index (χ0v) is 16.4. The number of aryl methyl sites for hydroxylation is 1. The third-order valence-electron chi connectivity index (χ3n) is 4.61. The highest BCUT2D eigenvalue weighted by Gasteiger charge is 2.17. The van der Waals surface area contributed by atoms with Gasteiger partial charge >= 0.3 is 0 Å². The van der Waals surface area contributed by atoms with Crippen LogP contribution in [0.5, 0.6) is 0 Å². The van der Waals surface area contributed by atoms with Crippen LogP contribution < -0.4 is 10.0 Å². The molecule has 2 N–H and O–H groups in total. The molecule has 3 rings (SSSR count). The second kappa shape index (κ2) is 8.70. The SMILES string of the molecule is Cc1cc(S(=O)(=O)Nc2ccc(C(=O)NCCC3CCCO3)cc2)ccc1F. The number of nitrogens with one attached hydrogen (secondary N) is 2. The first-order valence-corrected chi connectivity index (χ1v) is 10.6. The topological polar surface area (TPSA) is 84.5 Å². The molecule has 1 aliphatic heterocycles. The van der Waals surface area contributed by atoms with Crippen molar-refractivity contribution >= 4 is 21.6 Å². The number of carbonyl (C=O) groups is 1. The minimum absolute atomic E-state index is 0.0256. The van der Waals surface area contributed by atoms with Gasteiger partial charge in [-0.2, -0.15) is 0 Å². The zero-order chi connectivity index (χ0) is 20.1. The molecule has 1 aliphatic rings. The van der Waals surface area contributed by atoms with E-state index in [1.54, 1.807) is 12.1 Å². The van der Waals surface area contributed by atoms with Crippen LogP contribution in [-0.4, -0.2) is 33.6 Å². The Bertz CT molecular complexity index is 939. The van der Waals surface area contributed by atoms with E-state index in [1.165, 1.54) is 31.2 Å². The molecular weight excluding hydrogens is 383 g/mol. The molecular formula is C20H23FN2O4S. The summed E-state index contributed by atoms with van der Waals surface area (Å²) >= 11 is 0. The van der Waals surface area contributed by atoms with Crippen molar-refractivity contribution in [3.8, 4) is 0 Å². The summed E-state index contributed by atoms with van der Waals surface area (Å²) in [5.41, 5.74) is 1.00. The maximum Gasteiger partial charge on any atom is 0.261 e. The molecule has 0 radical (unpaired) electrons. The number of ether oxygens (including phenoxy) is 1. The fraction of sp³-hybridized carbons (Fsp3) is 0.350. The van der Waals surface area contributed by atoms with Crippen molar-refractivity contribution in [2.24, 2.45) is 0 Å². The highest BCUT2D eigenvalue weighted by Crippen LogP contribution is 2.19. The fourth-order valence-corrected chi connectivity index (χ4v) is 4.15. The van der Waals surface area contributed by atoms with Crippen LogP contribution in [0.4, 0.5) is 10.1 Å². The minimum atomic E-state index is -3.84. The number of halogens is 1. The number of anilines is 1. The Morgan fingerprint density at radius 2 is 1.96 bits per heavy atom. The smallest absolute Gasteiger partial charge is 0.261 e. The van der Waals surface area contributed by atoms with E-state index >= 15 is 0 Å². The zero-order valence-electron chi connectivity index (χ0n) is 15.6. The summed E-state index contributed by atoms with van der Waals surface area (Å²) < 4.78 is 46.1. The maximum atomic E-state index is 13.4. The lowest BCUT2D eigenvalue weighted by Crippen LogP contribution is -2.27. The van der Waals surface area contributed by atoms with E-state index in [4.69, 9.17) is 4.74 Å². The molecule has 2 aromatic rings. The summed E-state index contributed by atoms with van der Waals surface area (Å²) in [6, 6.07) is 9.73. The van der Waals surface area contributed by atoms with Gasteiger partial charge in [-0.05, 0) is 74.2 Å². The van der Waals surface area contributed by atoms with Crippen molar-refractivity contribution in [1.82, 2.24) is 5.32 Å². The monoisotopic (exact) mass is 406 g/mol. The van der Waals surface area contributed by atoms with Gasteiger partial charge in [0.15, 0.2) is 0 Å². The van der Waals surface area contributed by atoms with Crippen LogP contribution in [0.15, 0.2) is 47.4 Å². The third kappa shape index (κ3) is 5.08. The number of sulfonamides is 1. The molecule has 1 unspecified atom stereocenters. The van der Waals surface area contributed by atoms with E-state index in [9.17, 15) is 17.6 Å². The van der Waals surface area contributed by atoms with Crippen molar-refractivity contribution in [2.45, 2.75) is 37.2 Å². The number of carbonyl (C=O) groups excluding carboxylic acids is 1. The van der Waals surface area contributed by atoms with Crippen LogP contribution in [0.1, 0.15) is 35.2 Å². The van der Waals surface area contributed by atoms with Crippen molar-refractivity contribution in [1.29, 1.82) is 0 Å². The first kappa shape index (κ1) is 20.3. The predicted molar refractivity (Wildman–Crippen MR) is 104 cm³/mol. The Labute approximate surface area is 164 Å². The Hall–Kier alpha value is -2.45. The van der Waals surface area contributed by atoms with Crippen molar-refractivity contribution in [2.75, 3.05) is 17.9 Å². The van der Waals surface area contributed by atoms with Crippen LogP contribution in [0.2, 0.25) is 0 Å². The van der Waals surface area contributed by atoms with Gasteiger partial charge in [0.1, 0.15) is 5.82 Å². The van der Waals surface area contributed by atoms with Gasteiger partial charge in [-0.25, -0.2) is 12.8 Å². The molecule has 1 amide bonds. The predicted octanol–water partition coefficient (Wildman–Crippen LogP) is 3.23. The molecule has 1 fully saturated rings. The van der Waals surface area contributed by atoms with E-state index < -0.39 is 15.8 Å². The highest BCUT2D eigenvalue weighted by atomic mass is 32.2. The molecule has 1 heterocycles. The van der Waals surface area contributed by atoms with Gasteiger partial charge in [0, 0.05) is 24.4 Å². The second-order valence-corrected chi connectivity index (χ2v) is 8.46. The Morgan fingerprint density at radius 1 is 1.21 bits per heavy atom. The fourth-order valence-electron chi connectivity index (χ4n) is 3.01. The standard InChI is InChI=1S/C20H23FN2O4S/c1-14-13-18(8-9-19(14)21)28(25,26)23-16-6-4-15(5-7-16)20(24)22-11-10-17-3-2-12-27-17/h4-9,13,17,23H,2-3,10-12H2,1H3,(H,22,24). The molecule has 0 aromatic heterocycles. The summed E-state index contributed by atoms with van der Waals surface area (Å²) in [4.78, 5) is 12.2. The first-order valence-electron chi connectivity index (χ1n) is 9.14. The minimum Gasteiger partial charge on any atom is -0.378 e. The highest BCUT2D eigenvalue weighted by molar-refractivity contribution is 7.92. The van der Waals surface area contributed by atoms with E-state index in [2.05, 4.69) is 10.0 Å². The summed E-state index contributed by atoms with van der Waals surface area (Å²) in [6.07, 6.45) is 3.08. The van der Waals surface area contributed by atoms with E-state index in [0.717, 1.165) is 31.9 Å². The van der Waals surface area contributed by atoms with Crippen LogP contribution in [0.25, 0.3) is 0 Å². The third-order valence-corrected chi connectivity index (χ3v) is 5.99. The Morgan fingerprint density at radius 3 is 2.61 bits per heavy atom. The van der Waals surface area contributed by atoms with Crippen molar-refractivity contribution < 1.29 is 22.3 Å². The molecule has 150 valence electrons. The lowest BCUT2D eigenvalue weighted by molar-refractivity contribution is 0.0907. The Kier molecular flexibility index (Phi) is 6.31. The molecule has 8 heteroatoms. The normalized spacial score (nSPS) is 16.7. The van der Waals surface area contributed by atoms with Gasteiger partial charge in [0.2, 0.25) is 0 Å². The Balaban J connectivity index is 1.58. The molecule has 0 aliphatic carbocycles. The van der Waals surface area contributed by atoms with Crippen LogP contribution in [0.3, 0.4) is 0 Å². The number of amides is 1. The molecule has 1 saturated heterocycles. The average molecular weight is 406 g/mol. The summed E-state index contributed by atoms with van der Waals surface area (Å²) in [6.45, 7) is 2.82. The maximum absolute atomic E-state index is 13.4. The molecule has 2 aromatic carbocycles. The summed E-state index contributed by atoms with van der Waals surface area (Å²) in [5, 5.41) is 2.84. The van der Waals surface area contributed by atoms with Crippen molar-refractivity contribution in [3.63, 3.8) is 0 Å². The van der Waals surface area contributed by atoms with Gasteiger partial charge in [-0.3, -0.25) is 9.52 Å². The summed E-state index contributed by atoms with van der Waals surface area (Å²) in [7, 11) is -3.84.